The highest BCUT2D eigenvalue weighted by Crippen LogP contribution is 1.82. The first-order chi connectivity index (χ1) is 1.91. The topological polar surface area (TPSA) is 18.5 Å². The minimum atomic E-state index is 0. The van der Waals surface area contributed by atoms with Crippen molar-refractivity contribution in [3.05, 3.63) is 0 Å². The molecule has 6 heteroatoms. The molecule has 0 aliphatic carbocycles. The smallest absolute Gasteiger partial charge is 0.102 e. The molecule has 0 N–H and O–H groups in total. The number of hydrogen-bond acceptors (Lipinski definition) is 2. The summed E-state index contributed by atoms with van der Waals surface area (Å²) in [5.41, 5.74) is 0. The van der Waals surface area contributed by atoms with E-state index in [0.717, 1.165) is 0 Å². The zero-order valence-electron chi connectivity index (χ0n) is 1.57. The molecular weight excluding hydrogens is 157 g/mol. The first-order valence-corrected chi connectivity index (χ1v) is 1.09. The summed E-state index contributed by atoms with van der Waals surface area (Å²) in [5, 5.41) is 0. The van der Waals surface area contributed by atoms with Crippen LogP contribution >= 0.6 is 23.7 Å². The number of halogens is 2. The lowest BCUT2D eigenvalue weighted by atomic mass is 15.0. The van der Waals surface area contributed by atoms with Crippen LogP contribution in [0.4, 0.5) is 0 Å². The minimum Gasteiger partial charge on any atom is -0.102 e. The van der Waals surface area contributed by atoms with Crippen molar-refractivity contribution in [2.24, 2.45) is 0 Å². The second kappa shape index (κ2) is 16.0. The van der Waals surface area contributed by atoms with Gasteiger partial charge in [0.15, 0.2) is 34.7 Å². The van der Waals surface area contributed by atoms with Crippen molar-refractivity contribution in [1.82, 2.24) is 0 Å². The Morgan fingerprint density at radius 2 is 1.00 bits per heavy atom. The lowest BCUT2D eigenvalue weighted by Crippen LogP contribution is -1.52. The lowest BCUT2D eigenvalue weighted by molar-refractivity contribution is -0.0832. The molecule has 2 nitrogen and oxygen atoms in total. The molecule has 0 amide bonds. The molecule has 0 fully saturated rings. The maximum absolute atomic E-state index is 4.33. The molecule has 0 atom stereocenters. The molecule has 0 heterocycles. The second-order valence-corrected chi connectivity index (χ2v) is 0.378. The maximum atomic E-state index is 4.33. The van der Waals surface area contributed by atoms with Crippen molar-refractivity contribution in [1.29, 1.82) is 0 Å². The molecule has 0 bridgehead atoms. The van der Waals surface area contributed by atoms with E-state index in [-0.39, 0.29) is 34.7 Å². The Balaban J connectivity index is -0.0000000450. The van der Waals surface area contributed by atoms with Crippen LogP contribution in [0, 0.1) is 0 Å². The zero-order chi connectivity index (χ0) is 3.41. The lowest BCUT2D eigenvalue weighted by Gasteiger charge is -1.67. The zero-order valence-corrected chi connectivity index (χ0v) is 3.08. The van der Waals surface area contributed by atoms with Crippen molar-refractivity contribution in [3.63, 3.8) is 0 Å². The van der Waals surface area contributed by atoms with Crippen LogP contribution in [0.15, 0.2) is 0 Å². The van der Waals surface area contributed by atoms with Gasteiger partial charge in [0.25, 0.3) is 0 Å². The fourth-order valence-corrected chi connectivity index (χ4v) is 0. The van der Waals surface area contributed by atoms with E-state index in [2.05, 4.69) is 32.6 Å². The molecule has 0 spiro atoms. The van der Waals surface area contributed by atoms with Crippen molar-refractivity contribution in [2.45, 2.75) is 0 Å². The molecule has 0 saturated heterocycles. The van der Waals surface area contributed by atoms with Crippen molar-refractivity contribution in [2.75, 3.05) is 0 Å². The van der Waals surface area contributed by atoms with Gasteiger partial charge in [-0.2, -0.15) is 0 Å². The van der Waals surface area contributed by atoms with Crippen LogP contribution < -0.4 is 0 Å². The fourth-order valence-electron chi connectivity index (χ4n) is 0. The molecule has 0 aliphatic heterocycles. The molecule has 6 heavy (non-hydrogen) atoms. The number of rotatable bonds is 1. The molecule has 0 aromatic heterocycles. The van der Waals surface area contributed by atoms with E-state index in [9.17, 15) is 0 Å². The third kappa shape index (κ3) is 17.6. The molecule has 0 aromatic rings. The Kier molecular flexibility index (Phi) is 41.7. The van der Waals surface area contributed by atoms with Crippen LogP contribution in [0.1, 0.15) is 0 Å². The molecule has 0 unspecified atom stereocenters. The second-order valence-electron chi connectivity index (χ2n) is 0.126. The maximum Gasteiger partial charge on any atom is 0.187 e. The highest BCUT2D eigenvalue weighted by molar-refractivity contribution is 6.10. The Morgan fingerprint density at radius 3 is 1.00 bits per heavy atom. The Bertz CT molecular complexity index is 11.5. The van der Waals surface area contributed by atoms with Crippen LogP contribution in [0.2, 0.25) is 0 Å². The van der Waals surface area contributed by atoms with Gasteiger partial charge in [-0.05, 0) is 0 Å². The van der Waals surface area contributed by atoms with Gasteiger partial charge in [-0.3, -0.25) is 0 Å². The first kappa shape index (κ1) is 15.6. The van der Waals surface area contributed by atoms with E-state index in [4.69, 9.17) is 0 Å². The predicted octanol–water partition coefficient (Wildman–Crippen LogP) is -1.13. The summed E-state index contributed by atoms with van der Waals surface area (Å²) in [6, 6.07) is 0. The summed E-state index contributed by atoms with van der Waals surface area (Å²) in [4.78, 5) is 0. The van der Waals surface area contributed by atoms with Crippen LogP contribution in [-0.4, -0.2) is 34.7 Å². The molecule has 38 valence electrons. The molecular formula is H6Al2Cl2O2. The summed E-state index contributed by atoms with van der Waals surface area (Å²) < 4.78 is 6.56. The Morgan fingerprint density at radius 1 is 0.833 bits per heavy atom. The fraction of sp³-hybridized carbons (Fsp3) is 0. The van der Waals surface area contributed by atoms with Gasteiger partial charge in [-0.25, -0.2) is 0 Å². The van der Waals surface area contributed by atoms with Crippen LogP contribution in [0.3, 0.4) is 0 Å². The highest BCUT2D eigenvalue weighted by atomic mass is 35.5. The summed E-state index contributed by atoms with van der Waals surface area (Å²) in [5.74, 6) is 0. The summed E-state index contributed by atoms with van der Waals surface area (Å²) >= 11 is 8.66. The number of hydrogen-bond donors (Lipinski definition) is 0. The summed E-state index contributed by atoms with van der Waals surface area (Å²) in [7, 11) is 0. The average molecular weight is 163 g/mol. The Labute approximate surface area is 67.2 Å². The summed E-state index contributed by atoms with van der Waals surface area (Å²) in [6.45, 7) is 0. The van der Waals surface area contributed by atoms with Gasteiger partial charge < -0.3 is 0 Å². The van der Waals surface area contributed by atoms with Crippen LogP contribution in [-0.2, 0) is 8.88 Å². The quantitative estimate of drug-likeness (QED) is 0.276. The average Bonchev–Trinajstić information content (AvgIpc) is 1.37. The Hall–Kier alpha value is 1.56. The molecule has 0 aliphatic rings. The van der Waals surface area contributed by atoms with Crippen molar-refractivity contribution in [3.8, 4) is 0 Å². The van der Waals surface area contributed by atoms with Gasteiger partial charge in [0, 0.05) is 0 Å². The van der Waals surface area contributed by atoms with Crippen LogP contribution in [0.5, 0.6) is 0 Å². The van der Waals surface area contributed by atoms with Gasteiger partial charge in [0.05, 0.1) is 0 Å². The molecule has 0 radical (unpaired) electrons. The van der Waals surface area contributed by atoms with E-state index in [1.54, 1.807) is 0 Å². The van der Waals surface area contributed by atoms with Crippen molar-refractivity contribution < 1.29 is 8.88 Å². The third-order valence-electron chi connectivity index (χ3n) is 0.0238. The monoisotopic (exact) mass is 162 g/mol. The van der Waals surface area contributed by atoms with E-state index in [1.165, 1.54) is 0 Å². The third-order valence-corrected chi connectivity index (χ3v) is 0.214. The normalized spacial score (nSPS) is 5.00. The van der Waals surface area contributed by atoms with Gasteiger partial charge in [0.2, 0.25) is 0 Å². The van der Waals surface area contributed by atoms with E-state index in [1.807, 2.05) is 0 Å². The highest BCUT2D eigenvalue weighted by Gasteiger charge is 1.58. The van der Waals surface area contributed by atoms with Crippen molar-refractivity contribution >= 4 is 58.5 Å². The molecule has 0 saturated carbocycles. The molecule has 0 aromatic carbocycles. The van der Waals surface area contributed by atoms with Crippen LogP contribution in [0.25, 0.3) is 0 Å². The van der Waals surface area contributed by atoms with Gasteiger partial charge in [-0.1, -0.05) is 0 Å². The van der Waals surface area contributed by atoms with Gasteiger partial charge in [-0.15, -0.1) is 8.88 Å². The first-order valence-electron chi connectivity index (χ1n) is 0.475. The largest absolute Gasteiger partial charge is 0.187 e. The molecule has 0 rings (SSSR count). The van der Waals surface area contributed by atoms with E-state index in [0.29, 0.717) is 0 Å². The summed E-state index contributed by atoms with van der Waals surface area (Å²) in [6.07, 6.45) is 0. The van der Waals surface area contributed by atoms with Gasteiger partial charge in [0.1, 0.15) is 23.7 Å². The van der Waals surface area contributed by atoms with E-state index >= 15 is 0 Å². The minimum absolute atomic E-state index is 0. The van der Waals surface area contributed by atoms with Gasteiger partial charge >= 0.3 is 0 Å². The predicted molar refractivity (Wildman–Crippen MR) is 33.8 cm³/mol. The van der Waals surface area contributed by atoms with E-state index < -0.39 is 0 Å². The SMILES string of the molecule is ClOOCl.[AlH3].[AlH3]. The standard InChI is InChI=1S/2Al.Cl2O2.6H/c;;1-3-4-2;;;;;;.